The molecular weight excluding hydrogens is 127 g/mol. The third-order valence-corrected chi connectivity index (χ3v) is 0. The zero-order valence-corrected chi connectivity index (χ0v) is 7.70. The van der Waals surface area contributed by atoms with Crippen molar-refractivity contribution in [3.05, 3.63) is 22.3 Å². The average Bonchev–Trinajstić information content (AvgIpc) is 1.00. The molecule has 0 N–H and O–H groups in total. The number of rotatable bonds is 0. The van der Waals surface area contributed by atoms with Gasteiger partial charge in [-0.05, 0) is 0 Å². The monoisotopic (exact) mass is 136 g/mol. The van der Waals surface area contributed by atoms with Crippen molar-refractivity contribution < 1.29 is 19.5 Å². The summed E-state index contributed by atoms with van der Waals surface area (Å²) in [5.41, 5.74) is 0. The van der Waals surface area contributed by atoms with Crippen LogP contribution in [0.4, 0.5) is 0 Å². The van der Waals surface area contributed by atoms with E-state index >= 15 is 0 Å². The molecule has 6 heavy (non-hydrogen) atoms. The van der Waals surface area contributed by atoms with E-state index in [4.69, 9.17) is 5.26 Å². The Morgan fingerprint density at radius 3 is 0.833 bits per heavy atom. The van der Waals surface area contributed by atoms with Crippen molar-refractivity contribution in [1.82, 2.24) is 0 Å². The normalized spacial score (nSPS) is 0.333. The predicted molar refractivity (Wildman–Crippen MR) is 25.9 cm³/mol. The summed E-state index contributed by atoms with van der Waals surface area (Å²) >= 11 is 0. The van der Waals surface area contributed by atoms with E-state index in [0.29, 0.717) is 0 Å². The second-order valence-corrected chi connectivity index (χ2v) is 0. The molecule has 0 bridgehead atoms. The molecule has 0 aliphatic heterocycles. The molecule has 0 heterocycles. The maximum Gasteiger partial charge on any atom is 0.0462 e. The van der Waals surface area contributed by atoms with Gasteiger partial charge in [0.15, 0.2) is 0 Å². The second-order valence-electron chi connectivity index (χ2n) is 0. The molecule has 0 unspecified atom stereocenters. The fraction of sp³-hybridized carbons (Fsp3) is 0. The maximum absolute atomic E-state index is 6.50. The van der Waals surface area contributed by atoms with Crippen LogP contribution in [-0.4, -0.2) is 0 Å². The van der Waals surface area contributed by atoms with Crippen LogP contribution in [0.1, 0.15) is 0 Å². The minimum absolute atomic E-state index is 0. The molecule has 0 spiro atoms. The summed E-state index contributed by atoms with van der Waals surface area (Å²) in [5, 5.41) is 6.50. The Balaban J connectivity index is -0.000000000833. The van der Waals surface area contributed by atoms with E-state index in [-0.39, 0.29) is 41.8 Å². The second kappa shape index (κ2) is 6730. The number of hydrogen-bond acceptors (Lipinski definition) is 1. The first-order valence-electron chi connectivity index (χ1n) is 0.258. The van der Waals surface area contributed by atoms with Crippen LogP contribution in [-0.2, 0) is 19.5 Å². The SMILES string of the molecule is C#N.[CH3-].[CH3-].[CH3-].[Zn]. The van der Waals surface area contributed by atoms with E-state index in [1.807, 2.05) is 0 Å². The summed E-state index contributed by atoms with van der Waals surface area (Å²) in [7, 11) is 0. The molecule has 0 rings (SSSR count). The summed E-state index contributed by atoms with van der Waals surface area (Å²) in [5.74, 6) is 0. The van der Waals surface area contributed by atoms with Gasteiger partial charge in [-0.25, -0.2) is 5.26 Å². The van der Waals surface area contributed by atoms with Gasteiger partial charge in [-0.2, -0.15) is 0 Å². The van der Waals surface area contributed by atoms with E-state index in [9.17, 15) is 0 Å². The summed E-state index contributed by atoms with van der Waals surface area (Å²) in [6.45, 7) is 3.50. The van der Waals surface area contributed by atoms with Gasteiger partial charge in [-0.15, -0.1) is 0 Å². The van der Waals surface area contributed by atoms with Crippen LogP contribution >= 0.6 is 0 Å². The third kappa shape index (κ3) is 3100. The molecule has 36 valence electrons. The number of hydrogen-bond donors (Lipinski definition) is 0. The van der Waals surface area contributed by atoms with Gasteiger partial charge in [0.05, 0.1) is 0 Å². The molecule has 0 atom stereocenters. The molecule has 1 nitrogen and oxygen atoms in total. The Morgan fingerprint density at radius 1 is 0.833 bits per heavy atom. The molecule has 0 aromatic heterocycles. The molecule has 0 saturated heterocycles. The summed E-state index contributed by atoms with van der Waals surface area (Å²) in [6.07, 6.45) is 0. The van der Waals surface area contributed by atoms with Gasteiger partial charge >= 0.3 is 0 Å². The average molecular weight is 138 g/mol. The van der Waals surface area contributed by atoms with Gasteiger partial charge < -0.3 is 22.3 Å². The van der Waals surface area contributed by atoms with Crippen molar-refractivity contribution in [2.24, 2.45) is 0 Å². The van der Waals surface area contributed by atoms with Gasteiger partial charge in [0.25, 0.3) is 0 Å². The van der Waals surface area contributed by atoms with Crippen molar-refractivity contribution in [2.75, 3.05) is 0 Å². The quantitative estimate of drug-likeness (QED) is 0.367. The molecule has 0 aromatic carbocycles. The van der Waals surface area contributed by atoms with Crippen molar-refractivity contribution >= 4 is 0 Å². The molecule has 0 aromatic rings. The molecular formula is C4H10NZn-3. The van der Waals surface area contributed by atoms with Crippen LogP contribution in [0.15, 0.2) is 0 Å². The molecule has 0 fully saturated rings. The van der Waals surface area contributed by atoms with Crippen LogP contribution in [0.3, 0.4) is 0 Å². The Labute approximate surface area is 54.1 Å². The molecule has 0 radical (unpaired) electrons. The Hall–Kier alpha value is 0.113. The Kier molecular flexibility index (Phi) is 145000. The smallest absolute Gasteiger partial charge is 0.0462 e. The van der Waals surface area contributed by atoms with Crippen LogP contribution in [0.2, 0.25) is 0 Å². The van der Waals surface area contributed by atoms with Crippen molar-refractivity contribution in [1.29, 1.82) is 5.26 Å². The minimum atomic E-state index is 0. The van der Waals surface area contributed by atoms with Gasteiger partial charge in [0.1, 0.15) is 0 Å². The van der Waals surface area contributed by atoms with Crippen molar-refractivity contribution in [3.8, 4) is 6.57 Å². The molecule has 0 saturated carbocycles. The van der Waals surface area contributed by atoms with Crippen molar-refractivity contribution in [3.63, 3.8) is 0 Å². The van der Waals surface area contributed by atoms with E-state index in [2.05, 4.69) is 6.57 Å². The Morgan fingerprint density at radius 2 is 0.833 bits per heavy atom. The van der Waals surface area contributed by atoms with Gasteiger partial charge in [-0.3, -0.25) is 0 Å². The van der Waals surface area contributed by atoms with Gasteiger partial charge in [0, 0.05) is 26.1 Å². The van der Waals surface area contributed by atoms with Crippen LogP contribution in [0.25, 0.3) is 0 Å². The Bertz CT molecular complexity index is 12.3. The van der Waals surface area contributed by atoms with E-state index < -0.39 is 0 Å². The van der Waals surface area contributed by atoms with E-state index in [1.54, 1.807) is 0 Å². The van der Waals surface area contributed by atoms with Crippen LogP contribution < -0.4 is 0 Å². The van der Waals surface area contributed by atoms with Gasteiger partial charge in [0.2, 0.25) is 0 Å². The zero-order chi connectivity index (χ0) is 2.00. The molecule has 0 aliphatic carbocycles. The van der Waals surface area contributed by atoms with Crippen LogP contribution in [0.5, 0.6) is 0 Å². The summed E-state index contributed by atoms with van der Waals surface area (Å²) in [6, 6.07) is 0. The molecule has 0 aliphatic rings. The summed E-state index contributed by atoms with van der Waals surface area (Å²) in [4.78, 5) is 0. The third-order valence-electron chi connectivity index (χ3n) is 0. The molecule has 0 amide bonds. The largest absolute Gasteiger partial charge is 0.358 e. The first kappa shape index (κ1) is 129. The maximum atomic E-state index is 6.50. The standard InChI is InChI=1S/CHN.3CH3.Zn/c1-2;;;;/h1H;3*1H3;/q;3*-1;. The number of nitrogens with zero attached hydrogens (tertiary/aromatic N) is 1. The topological polar surface area (TPSA) is 23.8 Å². The fourth-order valence-electron chi connectivity index (χ4n) is 0. The fourth-order valence-corrected chi connectivity index (χ4v) is 0. The van der Waals surface area contributed by atoms with E-state index in [0.717, 1.165) is 0 Å². The van der Waals surface area contributed by atoms with Crippen molar-refractivity contribution in [2.45, 2.75) is 0 Å². The first-order valence-corrected chi connectivity index (χ1v) is 0.258. The zero-order valence-electron chi connectivity index (χ0n) is 4.73. The van der Waals surface area contributed by atoms with Crippen LogP contribution in [0, 0.1) is 34.1 Å². The first-order chi connectivity index (χ1) is 1.00. The van der Waals surface area contributed by atoms with Gasteiger partial charge in [-0.1, -0.05) is 0 Å². The molecule has 2 heteroatoms. The van der Waals surface area contributed by atoms with E-state index in [1.165, 1.54) is 0 Å². The summed E-state index contributed by atoms with van der Waals surface area (Å²) < 4.78 is 0. The number of nitriles is 1. The minimum Gasteiger partial charge on any atom is -0.358 e. The predicted octanol–water partition coefficient (Wildman–Crippen LogP) is 1.49.